The number of pyridine rings is 1. The van der Waals surface area contributed by atoms with Crippen LogP contribution in [0.1, 0.15) is 49.5 Å². The number of benzene rings is 1. The van der Waals surface area contributed by atoms with Crippen LogP contribution in [0.4, 0.5) is 0 Å². The Morgan fingerprint density at radius 1 is 1.37 bits per heavy atom. The standard InChI is InChI=1S/C23H26ClN3O3/c1-14(10-17(25)8-9-26-18-5-6-18)27-13-22(30-3)21(12-23(27)29)20-11-16(24)4-7-19(20)15(2)28/h4,7-9,11-14,18H,5-6,10,25H2,1-3H3. The van der Waals surface area contributed by atoms with E-state index in [9.17, 15) is 9.59 Å². The van der Waals surface area contributed by atoms with E-state index in [1.165, 1.54) is 20.1 Å². The second kappa shape index (κ2) is 9.30. The molecule has 1 aromatic heterocycles. The molecule has 1 aromatic carbocycles. The van der Waals surface area contributed by atoms with E-state index in [-0.39, 0.29) is 17.4 Å². The van der Waals surface area contributed by atoms with Gasteiger partial charge in [-0.15, -0.1) is 0 Å². The first-order valence-corrected chi connectivity index (χ1v) is 10.3. The van der Waals surface area contributed by atoms with Gasteiger partial charge in [0.25, 0.3) is 5.56 Å². The number of hydrogen-bond donors (Lipinski definition) is 1. The molecule has 7 heteroatoms. The van der Waals surface area contributed by atoms with Crippen molar-refractivity contribution in [3.63, 3.8) is 0 Å². The fourth-order valence-electron chi connectivity index (χ4n) is 3.28. The predicted octanol–water partition coefficient (Wildman–Crippen LogP) is 4.41. The zero-order valence-corrected chi connectivity index (χ0v) is 18.1. The van der Waals surface area contributed by atoms with Gasteiger partial charge in [-0.3, -0.25) is 14.6 Å². The summed E-state index contributed by atoms with van der Waals surface area (Å²) in [4.78, 5) is 29.3. The van der Waals surface area contributed by atoms with Crippen LogP contribution in [0.3, 0.4) is 0 Å². The number of ether oxygens (including phenoxy) is 1. The third-order valence-corrected chi connectivity index (χ3v) is 5.29. The SMILES string of the molecule is COc1cn(C(C)CC(N)=CC=NC2CC2)c(=O)cc1-c1cc(Cl)ccc1C(C)=O. The van der Waals surface area contributed by atoms with Gasteiger partial charge < -0.3 is 15.0 Å². The maximum Gasteiger partial charge on any atom is 0.251 e. The van der Waals surface area contributed by atoms with Crippen molar-refractivity contribution in [3.8, 4) is 16.9 Å². The first-order valence-electron chi connectivity index (χ1n) is 9.89. The molecule has 1 atom stereocenters. The summed E-state index contributed by atoms with van der Waals surface area (Å²) >= 11 is 6.14. The molecular formula is C23H26ClN3O3. The Bertz CT molecular complexity index is 1070. The number of halogens is 1. The molecule has 3 rings (SSSR count). The fourth-order valence-corrected chi connectivity index (χ4v) is 3.46. The van der Waals surface area contributed by atoms with E-state index in [4.69, 9.17) is 22.1 Å². The number of carbonyl (C=O) groups excluding carboxylic acids is 1. The van der Waals surface area contributed by atoms with Gasteiger partial charge in [0.1, 0.15) is 5.75 Å². The molecule has 6 nitrogen and oxygen atoms in total. The van der Waals surface area contributed by atoms with Crippen LogP contribution in [0, 0.1) is 0 Å². The highest BCUT2D eigenvalue weighted by molar-refractivity contribution is 6.31. The van der Waals surface area contributed by atoms with Crippen molar-refractivity contribution in [1.82, 2.24) is 4.57 Å². The minimum Gasteiger partial charge on any atom is -0.495 e. The Kier molecular flexibility index (Phi) is 6.77. The number of allylic oxidation sites excluding steroid dienone is 2. The van der Waals surface area contributed by atoms with Crippen molar-refractivity contribution in [2.75, 3.05) is 7.11 Å². The molecule has 0 aliphatic heterocycles. The molecule has 0 spiro atoms. The average molecular weight is 428 g/mol. The number of hydrogen-bond acceptors (Lipinski definition) is 5. The van der Waals surface area contributed by atoms with Crippen molar-refractivity contribution < 1.29 is 9.53 Å². The van der Waals surface area contributed by atoms with Crippen molar-refractivity contribution in [1.29, 1.82) is 0 Å². The van der Waals surface area contributed by atoms with E-state index in [1.54, 1.807) is 41.3 Å². The Labute approximate surface area is 181 Å². The maximum atomic E-state index is 12.9. The Hall–Kier alpha value is -2.86. The van der Waals surface area contributed by atoms with Crippen LogP contribution >= 0.6 is 11.6 Å². The molecule has 1 heterocycles. The quantitative estimate of drug-likeness (QED) is 0.499. The number of aliphatic imine (C=N–C) groups is 1. The minimum atomic E-state index is -0.216. The number of ketones is 1. The molecule has 2 N–H and O–H groups in total. The van der Waals surface area contributed by atoms with Gasteiger partial charge in [-0.25, -0.2) is 0 Å². The van der Waals surface area contributed by atoms with Crippen molar-refractivity contribution in [3.05, 3.63) is 63.2 Å². The van der Waals surface area contributed by atoms with Crippen LogP contribution in [0.5, 0.6) is 5.75 Å². The number of rotatable bonds is 8. The average Bonchev–Trinajstić information content (AvgIpc) is 3.51. The third-order valence-electron chi connectivity index (χ3n) is 5.05. The lowest BCUT2D eigenvalue weighted by molar-refractivity contribution is 0.101. The highest BCUT2D eigenvalue weighted by Crippen LogP contribution is 2.34. The van der Waals surface area contributed by atoms with Gasteiger partial charge in [-0.2, -0.15) is 0 Å². The number of carbonyl (C=O) groups is 1. The van der Waals surface area contributed by atoms with Crippen LogP contribution in [0.25, 0.3) is 11.1 Å². The van der Waals surface area contributed by atoms with Gasteiger partial charge in [0.15, 0.2) is 5.78 Å². The van der Waals surface area contributed by atoms with Crippen LogP contribution < -0.4 is 16.0 Å². The third kappa shape index (κ3) is 5.19. The predicted molar refractivity (Wildman–Crippen MR) is 121 cm³/mol. The molecule has 1 fully saturated rings. The normalized spacial score (nSPS) is 15.4. The smallest absolute Gasteiger partial charge is 0.251 e. The van der Waals surface area contributed by atoms with Gasteiger partial charge in [0.2, 0.25) is 0 Å². The molecule has 0 amide bonds. The largest absolute Gasteiger partial charge is 0.495 e. The molecule has 1 saturated carbocycles. The van der Waals surface area contributed by atoms with E-state index in [2.05, 4.69) is 4.99 Å². The van der Waals surface area contributed by atoms with Crippen LogP contribution in [-0.2, 0) is 0 Å². The zero-order chi connectivity index (χ0) is 21.8. The van der Waals surface area contributed by atoms with Gasteiger partial charge in [-0.05, 0) is 56.5 Å². The van der Waals surface area contributed by atoms with Gasteiger partial charge >= 0.3 is 0 Å². The highest BCUT2D eigenvalue weighted by Gasteiger charge is 2.19. The molecule has 1 aliphatic carbocycles. The number of methoxy groups -OCH3 is 1. The summed E-state index contributed by atoms with van der Waals surface area (Å²) in [7, 11) is 1.53. The molecular weight excluding hydrogens is 402 g/mol. The van der Waals surface area contributed by atoms with E-state index >= 15 is 0 Å². The summed E-state index contributed by atoms with van der Waals surface area (Å²) in [5.74, 6) is 0.358. The van der Waals surface area contributed by atoms with E-state index < -0.39 is 0 Å². The van der Waals surface area contributed by atoms with E-state index in [1.807, 2.05) is 6.92 Å². The summed E-state index contributed by atoms with van der Waals surface area (Å²) in [5, 5.41) is 0.473. The summed E-state index contributed by atoms with van der Waals surface area (Å²) in [6, 6.07) is 6.71. The Balaban J connectivity index is 1.94. The van der Waals surface area contributed by atoms with Crippen molar-refractivity contribution >= 4 is 23.6 Å². The fraction of sp³-hybridized carbons (Fsp3) is 0.348. The first-order chi connectivity index (χ1) is 14.3. The highest BCUT2D eigenvalue weighted by atomic mass is 35.5. The summed E-state index contributed by atoms with van der Waals surface area (Å²) < 4.78 is 7.12. The maximum absolute atomic E-state index is 12.9. The molecule has 30 heavy (non-hydrogen) atoms. The first kappa shape index (κ1) is 21.8. The molecule has 0 saturated heterocycles. The van der Waals surface area contributed by atoms with Crippen molar-refractivity contribution in [2.45, 2.75) is 45.2 Å². The van der Waals surface area contributed by atoms with Crippen molar-refractivity contribution in [2.24, 2.45) is 10.7 Å². The Morgan fingerprint density at radius 3 is 2.73 bits per heavy atom. The second-order valence-electron chi connectivity index (χ2n) is 7.57. The van der Waals surface area contributed by atoms with Gasteiger partial charge in [0, 0.05) is 46.6 Å². The van der Waals surface area contributed by atoms with Crippen LogP contribution in [0.2, 0.25) is 5.02 Å². The van der Waals surface area contributed by atoms with Crippen LogP contribution in [0.15, 0.2) is 52.0 Å². The molecule has 158 valence electrons. The van der Waals surface area contributed by atoms with E-state index in [0.29, 0.717) is 45.6 Å². The topological polar surface area (TPSA) is 86.7 Å². The zero-order valence-electron chi connectivity index (χ0n) is 17.4. The van der Waals surface area contributed by atoms with Crippen LogP contribution in [-0.4, -0.2) is 29.7 Å². The number of aromatic nitrogens is 1. The summed E-state index contributed by atoms with van der Waals surface area (Å²) in [5.41, 5.74) is 8.11. The lowest BCUT2D eigenvalue weighted by Gasteiger charge is -2.19. The summed E-state index contributed by atoms with van der Waals surface area (Å²) in [6.45, 7) is 3.39. The number of nitrogens with two attached hydrogens (primary N) is 1. The second-order valence-corrected chi connectivity index (χ2v) is 8.01. The molecule has 0 radical (unpaired) electrons. The number of nitrogens with zero attached hydrogens (tertiary/aromatic N) is 2. The van der Waals surface area contributed by atoms with Gasteiger partial charge in [0.05, 0.1) is 19.3 Å². The monoisotopic (exact) mass is 427 g/mol. The molecule has 1 unspecified atom stereocenters. The van der Waals surface area contributed by atoms with E-state index in [0.717, 1.165) is 12.8 Å². The summed E-state index contributed by atoms with van der Waals surface area (Å²) in [6.07, 6.45) is 7.96. The molecule has 1 aliphatic rings. The molecule has 0 bridgehead atoms. The Morgan fingerprint density at radius 2 is 2.10 bits per heavy atom. The lowest BCUT2D eigenvalue weighted by Crippen LogP contribution is -2.24. The minimum absolute atomic E-state index is 0.118. The number of Topliss-reactive ketones (excluding diaryl/α,β-unsaturated/α-hetero) is 1. The molecule has 2 aromatic rings. The lowest BCUT2D eigenvalue weighted by atomic mass is 9.97. The van der Waals surface area contributed by atoms with Gasteiger partial charge in [-0.1, -0.05) is 11.6 Å².